The molecule has 0 aliphatic carbocycles. The standard InChI is InChI=1S/C19H28N2O/c1-18(2,3)16-6-4-15(5-7-16)17(22)21-13-10-19(14-21)8-11-20-12-9-19/h4-7,20H,8-14H2,1-3H3. The Morgan fingerprint density at radius 2 is 1.73 bits per heavy atom. The summed E-state index contributed by atoms with van der Waals surface area (Å²) >= 11 is 0. The number of nitrogens with one attached hydrogen (secondary N) is 1. The van der Waals surface area contributed by atoms with Gasteiger partial charge in [0.05, 0.1) is 0 Å². The molecule has 0 radical (unpaired) electrons. The third kappa shape index (κ3) is 3.05. The molecule has 3 rings (SSSR count). The molecule has 2 fully saturated rings. The van der Waals surface area contributed by atoms with E-state index in [1.54, 1.807) is 0 Å². The van der Waals surface area contributed by atoms with Crippen LogP contribution in [0.1, 0.15) is 56.0 Å². The van der Waals surface area contributed by atoms with E-state index in [9.17, 15) is 4.79 Å². The number of likely N-dealkylation sites (tertiary alicyclic amines) is 1. The number of hydrogen-bond acceptors (Lipinski definition) is 2. The molecule has 2 aliphatic heterocycles. The zero-order valence-corrected chi connectivity index (χ0v) is 14.1. The highest BCUT2D eigenvalue weighted by atomic mass is 16.2. The molecule has 1 aromatic rings. The van der Waals surface area contributed by atoms with Gasteiger partial charge in [-0.1, -0.05) is 32.9 Å². The number of carbonyl (C=O) groups is 1. The van der Waals surface area contributed by atoms with Crippen LogP contribution < -0.4 is 5.32 Å². The highest BCUT2D eigenvalue weighted by molar-refractivity contribution is 5.94. The Morgan fingerprint density at radius 1 is 1.09 bits per heavy atom. The largest absolute Gasteiger partial charge is 0.338 e. The quantitative estimate of drug-likeness (QED) is 0.864. The molecule has 0 saturated carbocycles. The number of nitrogens with zero attached hydrogens (tertiary/aromatic N) is 1. The maximum atomic E-state index is 12.7. The molecule has 120 valence electrons. The minimum absolute atomic E-state index is 0.133. The lowest BCUT2D eigenvalue weighted by molar-refractivity contribution is 0.0762. The van der Waals surface area contributed by atoms with E-state index in [0.717, 1.165) is 31.7 Å². The maximum absolute atomic E-state index is 12.7. The van der Waals surface area contributed by atoms with Crippen molar-refractivity contribution in [2.24, 2.45) is 5.41 Å². The van der Waals surface area contributed by atoms with Gasteiger partial charge in [-0.2, -0.15) is 0 Å². The van der Waals surface area contributed by atoms with E-state index in [1.165, 1.54) is 24.8 Å². The molecule has 3 heteroatoms. The molecule has 2 aliphatic rings. The lowest BCUT2D eigenvalue weighted by Crippen LogP contribution is -2.39. The predicted molar refractivity (Wildman–Crippen MR) is 90.2 cm³/mol. The van der Waals surface area contributed by atoms with E-state index in [4.69, 9.17) is 0 Å². The average molecular weight is 300 g/mol. The third-order valence-electron chi connectivity index (χ3n) is 5.39. The Kier molecular flexibility index (Phi) is 4.02. The Hall–Kier alpha value is -1.35. The molecule has 1 N–H and O–H groups in total. The molecule has 0 bridgehead atoms. The van der Waals surface area contributed by atoms with Crippen molar-refractivity contribution < 1.29 is 4.79 Å². The SMILES string of the molecule is CC(C)(C)c1ccc(C(=O)N2CCC3(CCNCC3)C2)cc1. The monoisotopic (exact) mass is 300 g/mol. The van der Waals surface area contributed by atoms with Crippen LogP contribution in [0, 0.1) is 5.41 Å². The van der Waals surface area contributed by atoms with Crippen LogP contribution in [0.3, 0.4) is 0 Å². The van der Waals surface area contributed by atoms with Gasteiger partial charge in [0, 0.05) is 18.7 Å². The van der Waals surface area contributed by atoms with Gasteiger partial charge in [0.15, 0.2) is 0 Å². The summed E-state index contributed by atoms with van der Waals surface area (Å²) in [6, 6.07) is 8.19. The summed E-state index contributed by atoms with van der Waals surface area (Å²) in [5, 5.41) is 3.43. The predicted octanol–water partition coefficient (Wildman–Crippen LogP) is 3.20. The van der Waals surface area contributed by atoms with E-state index >= 15 is 0 Å². The number of amides is 1. The molecule has 3 nitrogen and oxygen atoms in total. The van der Waals surface area contributed by atoms with Gasteiger partial charge in [0.2, 0.25) is 0 Å². The lowest BCUT2D eigenvalue weighted by Gasteiger charge is -2.33. The van der Waals surface area contributed by atoms with Crippen molar-refractivity contribution in [1.29, 1.82) is 0 Å². The third-order valence-corrected chi connectivity index (χ3v) is 5.39. The van der Waals surface area contributed by atoms with Crippen molar-refractivity contribution in [3.8, 4) is 0 Å². The van der Waals surface area contributed by atoms with Gasteiger partial charge < -0.3 is 10.2 Å². The molecule has 1 amide bonds. The fourth-order valence-corrected chi connectivity index (χ4v) is 3.77. The highest BCUT2D eigenvalue weighted by Crippen LogP contribution is 2.39. The van der Waals surface area contributed by atoms with Crippen molar-refractivity contribution in [2.45, 2.75) is 45.4 Å². The van der Waals surface area contributed by atoms with E-state index in [0.29, 0.717) is 5.41 Å². The topological polar surface area (TPSA) is 32.3 Å². The van der Waals surface area contributed by atoms with Crippen LogP contribution in [0.4, 0.5) is 0 Å². The first-order valence-corrected chi connectivity index (χ1v) is 8.50. The smallest absolute Gasteiger partial charge is 0.253 e. The molecular formula is C19H28N2O. The van der Waals surface area contributed by atoms with Crippen LogP contribution >= 0.6 is 0 Å². The second-order valence-corrected chi connectivity index (χ2v) is 8.05. The average Bonchev–Trinajstić information content (AvgIpc) is 2.90. The van der Waals surface area contributed by atoms with Crippen LogP contribution in [-0.2, 0) is 5.41 Å². The van der Waals surface area contributed by atoms with Gasteiger partial charge in [-0.25, -0.2) is 0 Å². The van der Waals surface area contributed by atoms with Gasteiger partial charge in [-0.3, -0.25) is 4.79 Å². The van der Waals surface area contributed by atoms with Crippen LogP contribution in [0.5, 0.6) is 0 Å². The normalized spacial score (nSPS) is 21.3. The first-order valence-electron chi connectivity index (χ1n) is 8.50. The first-order chi connectivity index (χ1) is 10.4. The van der Waals surface area contributed by atoms with Gasteiger partial charge in [-0.15, -0.1) is 0 Å². The van der Waals surface area contributed by atoms with Crippen LogP contribution in [0.25, 0.3) is 0 Å². The number of carbonyl (C=O) groups excluding carboxylic acids is 1. The van der Waals surface area contributed by atoms with E-state index in [-0.39, 0.29) is 11.3 Å². The van der Waals surface area contributed by atoms with Crippen molar-refractivity contribution in [2.75, 3.05) is 26.2 Å². The minimum atomic E-state index is 0.133. The molecule has 1 aromatic carbocycles. The maximum Gasteiger partial charge on any atom is 0.253 e. The Balaban J connectivity index is 1.69. The molecule has 1 spiro atoms. The number of piperidine rings is 1. The van der Waals surface area contributed by atoms with Crippen molar-refractivity contribution >= 4 is 5.91 Å². The Labute approximate surface area is 134 Å². The van der Waals surface area contributed by atoms with E-state index in [2.05, 4.69) is 43.1 Å². The Bertz CT molecular complexity index is 536. The highest BCUT2D eigenvalue weighted by Gasteiger charge is 2.40. The first kappa shape index (κ1) is 15.5. The lowest BCUT2D eigenvalue weighted by atomic mass is 9.78. The van der Waals surface area contributed by atoms with E-state index < -0.39 is 0 Å². The molecule has 2 heterocycles. The van der Waals surface area contributed by atoms with Crippen molar-refractivity contribution in [3.05, 3.63) is 35.4 Å². The van der Waals surface area contributed by atoms with Gasteiger partial charge in [0.1, 0.15) is 0 Å². The van der Waals surface area contributed by atoms with Crippen LogP contribution in [-0.4, -0.2) is 37.0 Å². The zero-order valence-electron chi connectivity index (χ0n) is 14.1. The van der Waals surface area contributed by atoms with Crippen LogP contribution in [0.2, 0.25) is 0 Å². The summed E-state index contributed by atoms with van der Waals surface area (Å²) < 4.78 is 0. The fourth-order valence-electron chi connectivity index (χ4n) is 3.77. The molecule has 2 saturated heterocycles. The number of rotatable bonds is 1. The molecule has 22 heavy (non-hydrogen) atoms. The van der Waals surface area contributed by atoms with Crippen LogP contribution in [0.15, 0.2) is 24.3 Å². The summed E-state index contributed by atoms with van der Waals surface area (Å²) in [7, 11) is 0. The summed E-state index contributed by atoms with van der Waals surface area (Å²) in [5.41, 5.74) is 2.62. The fraction of sp³-hybridized carbons (Fsp3) is 0.632. The van der Waals surface area contributed by atoms with Crippen molar-refractivity contribution in [1.82, 2.24) is 10.2 Å². The van der Waals surface area contributed by atoms with Gasteiger partial charge >= 0.3 is 0 Å². The Morgan fingerprint density at radius 3 is 2.32 bits per heavy atom. The van der Waals surface area contributed by atoms with E-state index in [1.807, 2.05) is 12.1 Å². The van der Waals surface area contributed by atoms with Gasteiger partial charge in [0.25, 0.3) is 5.91 Å². The molecule has 0 aromatic heterocycles. The molecule has 0 unspecified atom stereocenters. The molecular weight excluding hydrogens is 272 g/mol. The summed E-state index contributed by atoms with van der Waals surface area (Å²) in [5.74, 6) is 0.205. The van der Waals surface area contributed by atoms with Crippen molar-refractivity contribution in [3.63, 3.8) is 0 Å². The zero-order chi connectivity index (χ0) is 15.8. The molecule has 0 atom stereocenters. The second kappa shape index (κ2) is 5.69. The summed E-state index contributed by atoms with van der Waals surface area (Å²) in [6.45, 7) is 10.7. The summed E-state index contributed by atoms with van der Waals surface area (Å²) in [6.07, 6.45) is 3.58. The second-order valence-electron chi connectivity index (χ2n) is 8.05. The summed E-state index contributed by atoms with van der Waals surface area (Å²) in [4.78, 5) is 14.8. The number of hydrogen-bond donors (Lipinski definition) is 1. The number of benzene rings is 1. The van der Waals surface area contributed by atoms with Gasteiger partial charge in [-0.05, 0) is 60.9 Å². The minimum Gasteiger partial charge on any atom is -0.338 e.